The summed E-state index contributed by atoms with van der Waals surface area (Å²) in [4.78, 5) is 27.3. The summed E-state index contributed by atoms with van der Waals surface area (Å²) < 4.78 is 20.9. The molecule has 4 heterocycles. The first-order chi connectivity index (χ1) is 19.4. The molecule has 5 rings (SSSR count). The molecular weight excluding hydrogens is 524 g/mol. The maximum Gasteiger partial charge on any atom is 0.319 e. The highest BCUT2D eigenvalue weighted by atomic mass is 16.8. The van der Waals surface area contributed by atoms with Crippen molar-refractivity contribution in [2.75, 3.05) is 37.7 Å². The Labute approximate surface area is 241 Å². The van der Waals surface area contributed by atoms with Gasteiger partial charge >= 0.3 is 6.03 Å². The summed E-state index contributed by atoms with van der Waals surface area (Å²) in [6, 6.07) is 7.78. The van der Waals surface area contributed by atoms with Crippen LogP contribution in [0.3, 0.4) is 0 Å². The van der Waals surface area contributed by atoms with Crippen LogP contribution in [0.5, 0.6) is 0 Å². The van der Waals surface area contributed by atoms with E-state index in [1.165, 1.54) is 11.9 Å². The number of fused-ring (bicyclic) bond motifs is 2. The van der Waals surface area contributed by atoms with Gasteiger partial charge in [0.15, 0.2) is 23.5 Å². The third-order valence-electron chi connectivity index (χ3n) is 7.54. The van der Waals surface area contributed by atoms with Crippen molar-refractivity contribution in [2.24, 2.45) is 0 Å². The van der Waals surface area contributed by atoms with Gasteiger partial charge in [0, 0.05) is 18.8 Å². The molecule has 4 N–H and O–H groups in total. The molecule has 3 aromatic rings. The van der Waals surface area contributed by atoms with Crippen LogP contribution in [0.4, 0.5) is 16.3 Å². The van der Waals surface area contributed by atoms with Crippen molar-refractivity contribution < 1.29 is 19.0 Å². The van der Waals surface area contributed by atoms with Gasteiger partial charge < -0.3 is 35.5 Å². The molecular formula is C29H42N8O4. The molecule has 0 spiro atoms. The molecule has 0 saturated carbocycles. The maximum atomic E-state index is 12.3. The minimum atomic E-state index is -0.723. The molecule has 2 saturated heterocycles. The zero-order chi connectivity index (χ0) is 29.4. The van der Waals surface area contributed by atoms with E-state index in [0.29, 0.717) is 30.1 Å². The number of aromatic nitrogens is 4. The topological polar surface area (TPSA) is 142 Å². The second-order valence-corrected chi connectivity index (χ2v) is 12.4. The highest BCUT2D eigenvalue weighted by Gasteiger charge is 2.56. The normalized spacial score (nSPS) is 23.7. The van der Waals surface area contributed by atoms with Crippen LogP contribution in [0.1, 0.15) is 59.3 Å². The zero-order valence-corrected chi connectivity index (χ0v) is 24.8. The summed E-state index contributed by atoms with van der Waals surface area (Å²) in [6.07, 6.45) is 3.66. The number of imidazole rings is 1. The number of nitrogens with one attached hydrogen (secondary N) is 2. The van der Waals surface area contributed by atoms with Crippen molar-refractivity contribution in [3.05, 3.63) is 42.5 Å². The number of likely N-dealkylation sites (N-methyl/N-ethyl adjacent to an activating group) is 1. The molecule has 41 heavy (non-hydrogen) atoms. The van der Waals surface area contributed by atoms with Crippen LogP contribution >= 0.6 is 0 Å². The smallest absolute Gasteiger partial charge is 0.319 e. The Morgan fingerprint density at radius 3 is 2.56 bits per heavy atom. The van der Waals surface area contributed by atoms with Crippen LogP contribution in [0.15, 0.2) is 36.9 Å². The molecule has 0 aliphatic carbocycles. The number of nitrogens with zero attached hydrogens (tertiary/aromatic N) is 5. The second kappa shape index (κ2) is 11.5. The number of nitrogens with two attached hydrogens (primary N) is 1. The number of anilines is 2. The van der Waals surface area contributed by atoms with Crippen molar-refractivity contribution >= 4 is 28.7 Å². The van der Waals surface area contributed by atoms with Gasteiger partial charge in [-0.1, -0.05) is 32.9 Å². The van der Waals surface area contributed by atoms with Gasteiger partial charge in [0.1, 0.15) is 30.2 Å². The van der Waals surface area contributed by atoms with Crippen LogP contribution in [0, 0.1) is 0 Å². The lowest BCUT2D eigenvalue weighted by atomic mass is 9.87. The predicted octanol–water partition coefficient (Wildman–Crippen LogP) is 3.66. The summed E-state index contributed by atoms with van der Waals surface area (Å²) in [6.45, 7) is 12.4. The van der Waals surface area contributed by atoms with E-state index in [0.717, 1.165) is 25.1 Å². The van der Waals surface area contributed by atoms with Crippen LogP contribution in [0.25, 0.3) is 11.2 Å². The first kappa shape index (κ1) is 29.2. The van der Waals surface area contributed by atoms with E-state index >= 15 is 0 Å². The third-order valence-corrected chi connectivity index (χ3v) is 7.54. The van der Waals surface area contributed by atoms with Gasteiger partial charge in [0.2, 0.25) is 0 Å². The fraction of sp³-hybridized carbons (Fsp3) is 0.586. The van der Waals surface area contributed by atoms with Crippen LogP contribution in [-0.2, 0) is 19.6 Å². The number of urea groups is 1. The standard InChI is InChI=1S/C29H42N8O4/c1-28(2,3)18-9-11-19(12-10-18)35-27(38)31-13-7-8-14-36(6)15-20-22-23(41-29(4,5)40-22)26(39-20)37-17-34-21-24(30)32-16-33-25(21)37/h9-12,16-17,20,22-23,26H,7-8,13-15H2,1-6H3,(H2,30,32,33)(H2,31,35,38). The maximum absolute atomic E-state index is 12.3. The van der Waals surface area contributed by atoms with Crippen molar-refractivity contribution in [1.82, 2.24) is 29.7 Å². The summed E-state index contributed by atoms with van der Waals surface area (Å²) in [5, 5.41) is 5.85. The van der Waals surface area contributed by atoms with Gasteiger partial charge in [0.05, 0.1) is 6.33 Å². The van der Waals surface area contributed by atoms with Crippen molar-refractivity contribution in [2.45, 2.75) is 83.2 Å². The number of amides is 2. The molecule has 2 aliphatic rings. The number of nitrogen functional groups attached to an aromatic ring is 1. The van der Waals surface area contributed by atoms with E-state index in [1.54, 1.807) is 6.33 Å². The number of carbonyl (C=O) groups is 1. The third kappa shape index (κ3) is 6.61. The van der Waals surface area contributed by atoms with Crippen LogP contribution in [0.2, 0.25) is 0 Å². The van der Waals surface area contributed by atoms with Crippen LogP contribution < -0.4 is 16.4 Å². The molecule has 2 amide bonds. The number of benzene rings is 1. The van der Waals surface area contributed by atoms with Gasteiger partial charge in [-0.2, -0.15) is 0 Å². The number of hydrogen-bond donors (Lipinski definition) is 3. The first-order valence-corrected chi connectivity index (χ1v) is 14.2. The molecule has 2 fully saturated rings. The van der Waals surface area contributed by atoms with E-state index in [2.05, 4.69) is 70.4 Å². The highest BCUT2D eigenvalue weighted by molar-refractivity contribution is 5.89. The van der Waals surface area contributed by atoms with Gasteiger partial charge in [-0.3, -0.25) is 4.57 Å². The minimum absolute atomic E-state index is 0.0785. The number of hydrogen-bond acceptors (Lipinski definition) is 9. The van der Waals surface area contributed by atoms with Crippen molar-refractivity contribution in [3.8, 4) is 0 Å². The van der Waals surface area contributed by atoms with E-state index in [9.17, 15) is 4.79 Å². The number of unbranched alkanes of at least 4 members (excludes halogenated alkanes) is 1. The second-order valence-electron chi connectivity index (χ2n) is 12.4. The Morgan fingerprint density at radius 1 is 1.10 bits per heavy atom. The predicted molar refractivity (Wildman–Crippen MR) is 156 cm³/mol. The average Bonchev–Trinajstić information content (AvgIpc) is 3.55. The Bertz CT molecular complexity index is 1350. The van der Waals surface area contributed by atoms with Gasteiger partial charge in [0.25, 0.3) is 0 Å². The molecule has 2 aromatic heterocycles. The van der Waals surface area contributed by atoms with Crippen LogP contribution in [-0.4, -0.2) is 81.2 Å². The molecule has 1 aromatic carbocycles. The molecule has 4 unspecified atom stereocenters. The molecule has 0 radical (unpaired) electrons. The number of rotatable bonds is 9. The van der Waals surface area contributed by atoms with Gasteiger partial charge in [-0.15, -0.1) is 0 Å². The monoisotopic (exact) mass is 566 g/mol. The largest absolute Gasteiger partial charge is 0.382 e. The fourth-order valence-electron chi connectivity index (χ4n) is 5.42. The van der Waals surface area contributed by atoms with E-state index in [1.807, 2.05) is 30.5 Å². The van der Waals surface area contributed by atoms with E-state index in [-0.39, 0.29) is 29.8 Å². The Kier molecular flexibility index (Phi) is 8.20. The fourth-order valence-corrected chi connectivity index (χ4v) is 5.42. The lowest BCUT2D eigenvalue weighted by molar-refractivity contribution is -0.197. The molecule has 4 atom stereocenters. The summed E-state index contributed by atoms with van der Waals surface area (Å²) >= 11 is 0. The summed E-state index contributed by atoms with van der Waals surface area (Å²) in [5.74, 6) is -0.398. The molecule has 222 valence electrons. The van der Waals surface area contributed by atoms with Gasteiger partial charge in [-0.05, 0) is 63.4 Å². The average molecular weight is 567 g/mol. The SMILES string of the molecule is CN(CCCCNC(=O)Nc1ccc(C(C)(C)C)cc1)CC1OC(n2cnc3c(N)ncnc32)C2OC(C)(C)OC12. The molecule has 12 nitrogen and oxygen atoms in total. The molecule has 2 aliphatic heterocycles. The van der Waals surface area contributed by atoms with Crippen molar-refractivity contribution in [1.29, 1.82) is 0 Å². The molecule has 0 bridgehead atoms. The lowest BCUT2D eigenvalue weighted by Crippen LogP contribution is -2.39. The Morgan fingerprint density at radius 2 is 1.83 bits per heavy atom. The first-order valence-electron chi connectivity index (χ1n) is 14.2. The van der Waals surface area contributed by atoms with E-state index < -0.39 is 12.0 Å². The minimum Gasteiger partial charge on any atom is -0.382 e. The molecule has 12 heteroatoms. The number of ether oxygens (including phenoxy) is 3. The quantitative estimate of drug-likeness (QED) is 0.331. The lowest BCUT2D eigenvalue weighted by Gasteiger charge is -2.27. The van der Waals surface area contributed by atoms with Gasteiger partial charge in [-0.25, -0.2) is 19.7 Å². The Balaban J connectivity index is 1.09. The van der Waals surface area contributed by atoms with E-state index in [4.69, 9.17) is 19.9 Å². The Hall–Kier alpha value is -3.32. The highest BCUT2D eigenvalue weighted by Crippen LogP contribution is 2.44. The zero-order valence-electron chi connectivity index (χ0n) is 24.8. The van der Waals surface area contributed by atoms with Crippen molar-refractivity contribution in [3.63, 3.8) is 0 Å². The summed E-state index contributed by atoms with van der Waals surface area (Å²) in [7, 11) is 2.06. The summed E-state index contributed by atoms with van der Waals surface area (Å²) in [5.41, 5.74) is 9.21. The number of carbonyl (C=O) groups excluding carboxylic acids is 1.